The molecule has 2 atom stereocenters. The van der Waals surface area contributed by atoms with E-state index in [0.29, 0.717) is 23.8 Å². The van der Waals surface area contributed by atoms with Gasteiger partial charge in [-0.3, -0.25) is 9.59 Å². The van der Waals surface area contributed by atoms with Gasteiger partial charge in [0.1, 0.15) is 17.2 Å². The fourth-order valence-electron chi connectivity index (χ4n) is 6.42. The second-order valence-electron chi connectivity index (χ2n) is 11.2. The first kappa shape index (κ1) is 26.2. The Labute approximate surface area is 243 Å². The Morgan fingerprint density at radius 3 is 2.31 bits per heavy atom. The number of benzene rings is 2. The van der Waals surface area contributed by atoms with Crippen molar-refractivity contribution in [2.24, 2.45) is 11.8 Å². The van der Waals surface area contributed by atoms with Crippen molar-refractivity contribution in [2.75, 3.05) is 4.90 Å². The smallest absolute Gasteiger partial charge is 0.238 e. The molecule has 10 nitrogen and oxygen atoms in total. The van der Waals surface area contributed by atoms with Gasteiger partial charge in [-0.25, -0.2) is 14.9 Å². The van der Waals surface area contributed by atoms with Gasteiger partial charge in [-0.05, 0) is 53.3 Å². The topological polar surface area (TPSA) is 123 Å². The Hall–Kier alpha value is -4.73. The number of nitrogens with one attached hydrogen (secondary N) is 1. The Morgan fingerprint density at radius 1 is 0.881 bits per heavy atom. The van der Waals surface area contributed by atoms with Crippen LogP contribution in [-0.4, -0.2) is 47.0 Å². The van der Waals surface area contributed by atoms with E-state index in [2.05, 4.69) is 62.4 Å². The molecule has 2 aromatic carbocycles. The summed E-state index contributed by atoms with van der Waals surface area (Å²) in [4.78, 5) is 37.7. The maximum Gasteiger partial charge on any atom is 0.238 e. The minimum absolute atomic E-state index is 0.106. The zero-order valence-electron chi connectivity index (χ0n) is 23.5. The molecule has 1 aliphatic carbocycles. The largest absolute Gasteiger partial charge is 0.308 e. The summed E-state index contributed by atoms with van der Waals surface area (Å²) in [5.74, 6) is 1.28. The van der Waals surface area contributed by atoms with Gasteiger partial charge in [-0.15, -0.1) is 10.2 Å². The number of carbonyl (C=O) groups is 2. The number of imidazole rings is 1. The number of pyridine rings is 1. The van der Waals surface area contributed by atoms with Crippen LogP contribution in [0.1, 0.15) is 56.8 Å². The summed E-state index contributed by atoms with van der Waals surface area (Å²) in [6.07, 6.45) is 6.44. The molecule has 2 aliphatic rings. The number of anilines is 1. The van der Waals surface area contributed by atoms with Crippen molar-refractivity contribution in [3.05, 3.63) is 72.1 Å². The van der Waals surface area contributed by atoms with Gasteiger partial charge in [0, 0.05) is 12.0 Å². The molecular weight excluding hydrogens is 528 g/mol. The molecule has 7 rings (SSSR count). The van der Waals surface area contributed by atoms with Gasteiger partial charge in [0.15, 0.2) is 5.65 Å². The van der Waals surface area contributed by atoms with Crippen LogP contribution >= 0.6 is 0 Å². The SMILES string of the molecule is CCCCc1nc2ccc(N3C(=O)C4CCCCC4C3=O)nc2n1Cc1ccc(-c2ccccc2-c2nn[nH]n2)cc1. The first-order chi connectivity index (χ1) is 20.6. The molecule has 4 heterocycles. The first-order valence-corrected chi connectivity index (χ1v) is 14.8. The number of imide groups is 1. The molecule has 1 saturated heterocycles. The third-order valence-corrected chi connectivity index (χ3v) is 8.60. The molecule has 2 amide bonds. The van der Waals surface area contributed by atoms with E-state index in [9.17, 15) is 9.59 Å². The van der Waals surface area contributed by atoms with Crippen LogP contribution in [0, 0.1) is 11.8 Å². The highest BCUT2D eigenvalue weighted by Crippen LogP contribution is 2.40. The summed E-state index contributed by atoms with van der Waals surface area (Å²) < 4.78 is 2.13. The number of nitrogens with zero attached hydrogens (tertiary/aromatic N) is 7. The van der Waals surface area contributed by atoms with Gasteiger partial charge in [0.2, 0.25) is 17.6 Å². The number of hydrogen-bond donors (Lipinski definition) is 1. The number of fused-ring (bicyclic) bond motifs is 2. The van der Waals surface area contributed by atoms with Crippen molar-refractivity contribution < 1.29 is 9.59 Å². The zero-order chi connectivity index (χ0) is 28.6. The van der Waals surface area contributed by atoms with Gasteiger partial charge in [0.05, 0.1) is 18.4 Å². The van der Waals surface area contributed by atoms with Crippen molar-refractivity contribution in [1.82, 2.24) is 35.2 Å². The van der Waals surface area contributed by atoms with E-state index in [4.69, 9.17) is 9.97 Å². The quantitative estimate of drug-likeness (QED) is 0.254. The van der Waals surface area contributed by atoms with Crippen LogP contribution in [0.2, 0.25) is 0 Å². The highest BCUT2D eigenvalue weighted by molar-refractivity contribution is 6.21. The number of carbonyl (C=O) groups excluding carboxylic acids is 2. The van der Waals surface area contributed by atoms with Gasteiger partial charge >= 0.3 is 0 Å². The van der Waals surface area contributed by atoms with E-state index >= 15 is 0 Å². The first-order valence-electron chi connectivity index (χ1n) is 14.8. The van der Waals surface area contributed by atoms with Crippen LogP contribution in [0.15, 0.2) is 60.7 Å². The number of aryl methyl sites for hydroxylation is 1. The Morgan fingerprint density at radius 2 is 1.62 bits per heavy atom. The lowest BCUT2D eigenvalue weighted by atomic mass is 9.81. The minimum atomic E-state index is -0.211. The molecular formula is C32H32N8O2. The predicted octanol–water partition coefficient (Wildman–Crippen LogP) is 5.35. The van der Waals surface area contributed by atoms with Crippen LogP contribution in [0.25, 0.3) is 33.7 Å². The minimum Gasteiger partial charge on any atom is -0.308 e. The predicted molar refractivity (Wildman–Crippen MR) is 158 cm³/mol. The number of aromatic nitrogens is 7. The molecule has 0 bridgehead atoms. The number of aromatic amines is 1. The maximum atomic E-state index is 13.3. The number of rotatable bonds is 8. The van der Waals surface area contributed by atoms with Crippen LogP contribution in [0.5, 0.6) is 0 Å². The number of H-pyrrole nitrogens is 1. The third-order valence-electron chi connectivity index (χ3n) is 8.60. The third kappa shape index (κ3) is 4.56. The second-order valence-corrected chi connectivity index (χ2v) is 11.2. The summed E-state index contributed by atoms with van der Waals surface area (Å²) in [6.45, 7) is 2.74. The molecule has 0 radical (unpaired) electrons. The molecule has 3 aromatic heterocycles. The van der Waals surface area contributed by atoms with E-state index < -0.39 is 0 Å². The average Bonchev–Trinajstić information content (AvgIpc) is 3.74. The summed E-state index contributed by atoms with van der Waals surface area (Å²) in [5.41, 5.74) is 5.54. The molecule has 0 spiro atoms. The number of unbranched alkanes of at least 4 members (excludes halogenated alkanes) is 1. The number of hydrogen-bond acceptors (Lipinski definition) is 7. The molecule has 10 heteroatoms. The molecule has 1 aliphatic heterocycles. The fraction of sp³-hybridized carbons (Fsp3) is 0.344. The van der Waals surface area contributed by atoms with Gasteiger partial charge in [-0.2, -0.15) is 5.21 Å². The van der Waals surface area contributed by atoms with Crippen molar-refractivity contribution in [3.8, 4) is 22.5 Å². The number of amides is 2. The number of tetrazole rings is 1. The monoisotopic (exact) mass is 560 g/mol. The van der Waals surface area contributed by atoms with E-state index in [-0.39, 0.29) is 23.7 Å². The Bertz CT molecular complexity index is 1740. The van der Waals surface area contributed by atoms with Gasteiger partial charge in [-0.1, -0.05) is 74.7 Å². The van der Waals surface area contributed by atoms with Crippen molar-refractivity contribution >= 4 is 28.8 Å². The van der Waals surface area contributed by atoms with E-state index in [1.807, 2.05) is 24.3 Å². The average molecular weight is 561 g/mol. The van der Waals surface area contributed by atoms with Crippen molar-refractivity contribution in [1.29, 1.82) is 0 Å². The van der Waals surface area contributed by atoms with Crippen molar-refractivity contribution in [2.45, 2.75) is 58.4 Å². The summed E-state index contributed by atoms with van der Waals surface area (Å²) in [5, 5.41) is 14.6. The highest BCUT2D eigenvalue weighted by Gasteiger charge is 2.49. The molecule has 42 heavy (non-hydrogen) atoms. The normalized spacial score (nSPS) is 18.6. The molecule has 2 fully saturated rings. The van der Waals surface area contributed by atoms with Gasteiger partial charge in [0.25, 0.3) is 0 Å². The van der Waals surface area contributed by atoms with Crippen LogP contribution in [0.3, 0.4) is 0 Å². The lowest BCUT2D eigenvalue weighted by Crippen LogP contribution is -2.31. The van der Waals surface area contributed by atoms with E-state index in [1.54, 1.807) is 6.07 Å². The summed E-state index contributed by atoms with van der Waals surface area (Å²) in [6, 6.07) is 20.1. The van der Waals surface area contributed by atoms with Crippen molar-refractivity contribution in [3.63, 3.8) is 0 Å². The Kier molecular flexibility index (Phi) is 6.81. The van der Waals surface area contributed by atoms with Crippen LogP contribution < -0.4 is 4.90 Å². The summed E-state index contributed by atoms with van der Waals surface area (Å²) in [7, 11) is 0. The maximum absolute atomic E-state index is 13.3. The van der Waals surface area contributed by atoms with E-state index in [0.717, 1.165) is 78.5 Å². The molecule has 1 saturated carbocycles. The molecule has 5 aromatic rings. The van der Waals surface area contributed by atoms with Crippen LogP contribution in [0.4, 0.5) is 5.82 Å². The fourth-order valence-corrected chi connectivity index (χ4v) is 6.42. The summed E-state index contributed by atoms with van der Waals surface area (Å²) >= 11 is 0. The van der Waals surface area contributed by atoms with E-state index in [1.165, 1.54) is 4.90 Å². The lowest BCUT2D eigenvalue weighted by molar-refractivity contribution is -0.122. The zero-order valence-corrected chi connectivity index (χ0v) is 23.5. The Balaban J connectivity index is 1.22. The molecule has 1 N–H and O–H groups in total. The second kappa shape index (κ2) is 10.9. The molecule has 2 unspecified atom stereocenters. The van der Waals surface area contributed by atoms with Gasteiger partial charge < -0.3 is 4.57 Å². The standard InChI is InChI=1S/C32H32N8O2/c1-2-3-12-27-33-26-17-18-28(40-31(41)24-10-6-7-11-25(24)32(40)42)34-30(26)39(27)19-20-13-15-21(16-14-20)22-8-4-5-9-23(22)29-35-37-38-36-29/h4-5,8-9,13-18,24-25H,2-3,6-7,10-12,19H2,1H3,(H,35,36,37,38). The lowest BCUT2D eigenvalue weighted by Gasteiger charge is -2.19. The highest BCUT2D eigenvalue weighted by atomic mass is 16.2. The van der Waals surface area contributed by atoms with Crippen LogP contribution in [-0.2, 0) is 22.6 Å². The molecule has 212 valence electrons.